The second-order valence-electron chi connectivity index (χ2n) is 5.45. The summed E-state index contributed by atoms with van der Waals surface area (Å²) >= 11 is 1.08. The first kappa shape index (κ1) is 16.1. The molecule has 0 saturated carbocycles. The average Bonchev–Trinajstić information content (AvgIpc) is 2.76. The van der Waals surface area contributed by atoms with Gasteiger partial charge in [-0.3, -0.25) is 4.79 Å². The van der Waals surface area contributed by atoms with Crippen molar-refractivity contribution >= 4 is 37.8 Å². The van der Waals surface area contributed by atoms with Crippen LogP contribution < -0.4 is 16.4 Å². The predicted molar refractivity (Wildman–Crippen MR) is 85.6 cm³/mol. The summed E-state index contributed by atoms with van der Waals surface area (Å²) in [5, 5.41) is 0.554. The Morgan fingerprint density at radius 2 is 1.95 bits per heavy atom. The Morgan fingerprint density at radius 1 is 1.38 bits per heavy atom. The molecule has 1 aromatic rings. The molecule has 6 nitrogen and oxygen atoms in total. The Morgan fingerprint density at radius 3 is 2.38 bits per heavy atom. The zero-order valence-electron chi connectivity index (χ0n) is 12.3. The van der Waals surface area contributed by atoms with Crippen molar-refractivity contribution in [3.63, 3.8) is 0 Å². The number of primary amides is 1. The highest BCUT2D eigenvalue weighted by molar-refractivity contribution is 7.91. The van der Waals surface area contributed by atoms with Crippen LogP contribution >= 0.6 is 11.3 Å². The van der Waals surface area contributed by atoms with Crippen molar-refractivity contribution in [2.24, 2.45) is 11.7 Å². The lowest BCUT2D eigenvalue weighted by Crippen LogP contribution is -2.33. The molecular formula is C13H21N3O3S2. The Hall–Kier alpha value is -1.28. The number of hydrogen-bond acceptors (Lipinski definition) is 6. The van der Waals surface area contributed by atoms with E-state index in [4.69, 9.17) is 11.5 Å². The van der Waals surface area contributed by atoms with Crippen LogP contribution in [0, 0.1) is 5.92 Å². The van der Waals surface area contributed by atoms with Crippen molar-refractivity contribution in [2.45, 2.75) is 31.1 Å². The van der Waals surface area contributed by atoms with Gasteiger partial charge in [0.05, 0.1) is 5.69 Å². The highest BCUT2D eigenvalue weighted by Crippen LogP contribution is 2.42. The van der Waals surface area contributed by atoms with Crippen molar-refractivity contribution in [1.82, 2.24) is 0 Å². The molecular weight excluding hydrogens is 310 g/mol. The average molecular weight is 331 g/mol. The van der Waals surface area contributed by atoms with Gasteiger partial charge in [-0.2, -0.15) is 0 Å². The van der Waals surface area contributed by atoms with E-state index < -0.39 is 15.7 Å². The number of nitrogens with two attached hydrogens (primary N) is 2. The maximum Gasteiger partial charge on any atom is 0.261 e. The molecule has 1 aliphatic heterocycles. The Bertz CT molecular complexity index is 644. The van der Waals surface area contributed by atoms with Gasteiger partial charge in [0.1, 0.15) is 14.8 Å². The van der Waals surface area contributed by atoms with E-state index in [1.807, 2.05) is 4.90 Å². The van der Waals surface area contributed by atoms with E-state index in [1.54, 1.807) is 0 Å². The molecule has 0 spiro atoms. The first-order chi connectivity index (χ1) is 9.75. The summed E-state index contributed by atoms with van der Waals surface area (Å²) in [6.07, 6.45) is 4.27. The molecule has 0 radical (unpaired) electrons. The molecule has 0 bridgehead atoms. The molecule has 2 heterocycles. The number of amides is 1. The lowest BCUT2D eigenvalue weighted by atomic mass is 9.95. The first-order valence-electron chi connectivity index (χ1n) is 6.92. The van der Waals surface area contributed by atoms with Crippen LogP contribution in [0.4, 0.5) is 10.7 Å². The summed E-state index contributed by atoms with van der Waals surface area (Å²) in [4.78, 5) is 13.6. The number of carbonyl (C=O) groups is 1. The van der Waals surface area contributed by atoms with E-state index in [1.165, 1.54) is 0 Å². The fourth-order valence-corrected chi connectivity index (χ4v) is 5.32. The minimum Gasteiger partial charge on any atom is -0.396 e. The molecule has 1 amide bonds. The standard InChI is InChI=1S/C13H21N3O3S2/c1-3-8-4-6-16(7-5-8)13-11(21(2,18)19)9(14)10(20-13)12(15)17/h8H,3-7,14H2,1-2H3,(H2,15,17). The number of carbonyl (C=O) groups excluding carboxylic acids is 1. The van der Waals surface area contributed by atoms with Crippen LogP contribution in [0.5, 0.6) is 0 Å². The molecule has 0 aromatic carbocycles. The minimum atomic E-state index is -3.51. The second-order valence-corrected chi connectivity index (χ2v) is 8.41. The second kappa shape index (κ2) is 5.84. The number of hydrogen-bond donors (Lipinski definition) is 2. The third-order valence-corrected chi connectivity index (χ3v) is 6.52. The number of piperidine rings is 1. The number of sulfone groups is 1. The van der Waals surface area contributed by atoms with Gasteiger partial charge >= 0.3 is 0 Å². The van der Waals surface area contributed by atoms with Crippen molar-refractivity contribution < 1.29 is 13.2 Å². The lowest BCUT2D eigenvalue weighted by Gasteiger charge is -2.32. The zero-order valence-corrected chi connectivity index (χ0v) is 13.9. The van der Waals surface area contributed by atoms with Crippen molar-refractivity contribution in [3.8, 4) is 0 Å². The van der Waals surface area contributed by atoms with Gasteiger partial charge < -0.3 is 16.4 Å². The number of nitrogens with zero attached hydrogens (tertiary/aromatic N) is 1. The number of nitrogen functional groups attached to an aromatic ring is 1. The lowest BCUT2D eigenvalue weighted by molar-refractivity contribution is 0.100. The molecule has 8 heteroatoms. The van der Waals surface area contributed by atoms with E-state index in [2.05, 4.69) is 6.92 Å². The molecule has 1 fully saturated rings. The largest absolute Gasteiger partial charge is 0.396 e. The molecule has 2 rings (SSSR count). The monoisotopic (exact) mass is 331 g/mol. The van der Waals surface area contributed by atoms with Crippen LogP contribution in [-0.2, 0) is 9.84 Å². The molecule has 0 unspecified atom stereocenters. The fraction of sp³-hybridized carbons (Fsp3) is 0.615. The number of thiophene rings is 1. The minimum absolute atomic E-state index is 0.0115. The SMILES string of the molecule is CCC1CCN(c2sc(C(N)=O)c(N)c2S(C)(=O)=O)CC1. The van der Waals surface area contributed by atoms with Crippen LogP contribution in [-0.4, -0.2) is 33.7 Å². The van der Waals surface area contributed by atoms with Crippen LogP contribution in [0.25, 0.3) is 0 Å². The maximum atomic E-state index is 12.0. The highest BCUT2D eigenvalue weighted by Gasteiger charge is 2.30. The summed E-state index contributed by atoms with van der Waals surface area (Å²) in [6.45, 7) is 3.72. The maximum absolute atomic E-state index is 12.0. The van der Waals surface area contributed by atoms with Gasteiger partial charge in [-0.15, -0.1) is 11.3 Å². The summed E-state index contributed by atoms with van der Waals surface area (Å²) in [5.41, 5.74) is 11.1. The first-order valence-corrected chi connectivity index (χ1v) is 9.63. The molecule has 1 saturated heterocycles. The van der Waals surface area contributed by atoms with Gasteiger partial charge in [0.2, 0.25) is 0 Å². The van der Waals surface area contributed by atoms with Crippen molar-refractivity contribution in [3.05, 3.63) is 4.88 Å². The Labute approximate surface area is 129 Å². The normalized spacial score (nSPS) is 17.1. The Kier molecular flexibility index (Phi) is 4.48. The van der Waals surface area contributed by atoms with E-state index in [-0.39, 0.29) is 15.5 Å². The van der Waals surface area contributed by atoms with Gasteiger partial charge in [-0.1, -0.05) is 13.3 Å². The smallest absolute Gasteiger partial charge is 0.261 e. The third-order valence-electron chi connectivity index (χ3n) is 3.96. The topological polar surface area (TPSA) is 106 Å². The summed E-state index contributed by atoms with van der Waals surface area (Å²) < 4.78 is 24.0. The molecule has 118 valence electrons. The van der Waals surface area contributed by atoms with Gasteiger partial charge in [-0.25, -0.2) is 8.42 Å². The number of anilines is 2. The van der Waals surface area contributed by atoms with Gasteiger partial charge in [-0.05, 0) is 18.8 Å². The molecule has 4 N–H and O–H groups in total. The van der Waals surface area contributed by atoms with Crippen LogP contribution in [0.3, 0.4) is 0 Å². The van der Waals surface area contributed by atoms with E-state index in [9.17, 15) is 13.2 Å². The van der Waals surface area contributed by atoms with Gasteiger partial charge in [0.25, 0.3) is 5.91 Å². The van der Waals surface area contributed by atoms with Gasteiger partial charge in [0, 0.05) is 19.3 Å². The van der Waals surface area contributed by atoms with Crippen molar-refractivity contribution in [2.75, 3.05) is 30.0 Å². The quantitative estimate of drug-likeness (QED) is 0.868. The summed E-state index contributed by atoms with van der Waals surface area (Å²) in [5.74, 6) is -0.00653. The van der Waals surface area contributed by atoms with Gasteiger partial charge in [0.15, 0.2) is 9.84 Å². The molecule has 21 heavy (non-hydrogen) atoms. The molecule has 1 aliphatic rings. The summed E-state index contributed by atoms with van der Waals surface area (Å²) in [7, 11) is -3.51. The molecule has 1 aromatic heterocycles. The van der Waals surface area contributed by atoms with Crippen molar-refractivity contribution in [1.29, 1.82) is 0 Å². The van der Waals surface area contributed by atoms with Crippen LogP contribution in [0.2, 0.25) is 0 Å². The highest BCUT2D eigenvalue weighted by atomic mass is 32.2. The zero-order chi connectivity index (χ0) is 15.8. The van der Waals surface area contributed by atoms with E-state index in [0.717, 1.165) is 49.9 Å². The molecule has 0 atom stereocenters. The van der Waals surface area contributed by atoms with E-state index in [0.29, 0.717) is 10.9 Å². The number of rotatable bonds is 4. The van der Waals surface area contributed by atoms with Crippen LogP contribution in [0.1, 0.15) is 35.9 Å². The fourth-order valence-electron chi connectivity index (χ4n) is 2.71. The predicted octanol–water partition coefficient (Wildman–Crippen LogP) is 1.46. The molecule has 0 aliphatic carbocycles. The Balaban J connectivity index is 2.44. The van der Waals surface area contributed by atoms with Crippen LogP contribution in [0.15, 0.2) is 4.90 Å². The summed E-state index contributed by atoms with van der Waals surface area (Å²) in [6, 6.07) is 0. The van der Waals surface area contributed by atoms with E-state index >= 15 is 0 Å². The third kappa shape index (κ3) is 3.16.